The molecule has 4 heteroatoms. The molecule has 1 aromatic carbocycles. The van der Waals surface area contributed by atoms with E-state index in [-0.39, 0.29) is 5.91 Å². The highest BCUT2D eigenvalue weighted by Gasteiger charge is 2.02. The summed E-state index contributed by atoms with van der Waals surface area (Å²) in [6.45, 7) is 1.94. The smallest absolute Gasteiger partial charge is 0.267 e. The third-order valence-corrected chi connectivity index (χ3v) is 2.37. The van der Waals surface area contributed by atoms with E-state index in [9.17, 15) is 4.79 Å². The number of hydrogen-bond acceptors (Lipinski definition) is 3. The van der Waals surface area contributed by atoms with Gasteiger partial charge in [0.05, 0.1) is 6.21 Å². The van der Waals surface area contributed by atoms with Crippen LogP contribution in [0.15, 0.2) is 53.9 Å². The van der Waals surface area contributed by atoms with Gasteiger partial charge in [-0.15, -0.1) is 0 Å². The number of nitrogens with one attached hydrogen (secondary N) is 1. The lowest BCUT2D eigenvalue weighted by Gasteiger charge is -2.00. The van der Waals surface area contributed by atoms with Gasteiger partial charge in [-0.05, 0) is 36.8 Å². The Morgan fingerprint density at radius 1 is 1.28 bits per heavy atom. The Bertz CT molecular complexity index is 564. The summed E-state index contributed by atoms with van der Waals surface area (Å²) in [7, 11) is 0. The molecule has 0 radical (unpaired) electrons. The summed E-state index contributed by atoms with van der Waals surface area (Å²) in [5.41, 5.74) is 5.01. The van der Waals surface area contributed by atoms with E-state index in [0.717, 1.165) is 11.1 Å². The number of aryl methyl sites for hydroxylation is 1. The first-order valence-electron chi connectivity index (χ1n) is 5.56. The van der Waals surface area contributed by atoms with Crippen LogP contribution >= 0.6 is 0 Å². The third kappa shape index (κ3) is 3.25. The first kappa shape index (κ1) is 12.0. The van der Waals surface area contributed by atoms with Crippen molar-refractivity contribution < 1.29 is 4.79 Å². The molecule has 2 rings (SSSR count). The predicted octanol–water partition coefficient (Wildman–Crippen LogP) is 2.15. The van der Waals surface area contributed by atoms with Crippen LogP contribution in [0.5, 0.6) is 0 Å². The number of hydrazone groups is 1. The van der Waals surface area contributed by atoms with Gasteiger partial charge in [0.2, 0.25) is 0 Å². The summed E-state index contributed by atoms with van der Waals surface area (Å²) in [6.07, 6.45) is 4.92. The van der Waals surface area contributed by atoms with Crippen LogP contribution in [0, 0.1) is 6.92 Å². The Hall–Kier alpha value is -2.49. The molecule has 0 saturated heterocycles. The highest BCUT2D eigenvalue weighted by molar-refractivity contribution is 5.95. The highest BCUT2D eigenvalue weighted by Crippen LogP contribution is 2.03. The fraction of sp³-hybridized carbons (Fsp3) is 0.0714. The molecule has 18 heavy (non-hydrogen) atoms. The van der Waals surface area contributed by atoms with Gasteiger partial charge in [-0.2, -0.15) is 5.10 Å². The second-order valence-corrected chi connectivity index (χ2v) is 3.85. The molecule has 2 aromatic rings. The zero-order chi connectivity index (χ0) is 12.8. The first-order valence-corrected chi connectivity index (χ1v) is 5.56. The zero-order valence-electron chi connectivity index (χ0n) is 10.00. The third-order valence-electron chi connectivity index (χ3n) is 2.37. The van der Waals surface area contributed by atoms with Crippen LogP contribution < -0.4 is 5.43 Å². The minimum Gasteiger partial charge on any atom is -0.267 e. The van der Waals surface area contributed by atoms with Crippen molar-refractivity contribution >= 4 is 12.1 Å². The van der Waals surface area contributed by atoms with Gasteiger partial charge in [0.25, 0.3) is 5.91 Å². The molecule has 4 nitrogen and oxygen atoms in total. The van der Waals surface area contributed by atoms with Crippen molar-refractivity contribution in [1.82, 2.24) is 10.4 Å². The molecule has 1 amide bonds. The summed E-state index contributed by atoms with van der Waals surface area (Å²) in [5, 5.41) is 3.90. The summed E-state index contributed by atoms with van der Waals surface area (Å²) in [6, 6.07) is 11.0. The Morgan fingerprint density at radius 2 is 2.06 bits per heavy atom. The van der Waals surface area contributed by atoms with Gasteiger partial charge in [-0.1, -0.05) is 17.7 Å². The minimum atomic E-state index is -0.219. The van der Waals surface area contributed by atoms with E-state index in [1.165, 1.54) is 0 Å². The van der Waals surface area contributed by atoms with Gasteiger partial charge >= 0.3 is 0 Å². The monoisotopic (exact) mass is 239 g/mol. The molecule has 0 saturated carbocycles. The van der Waals surface area contributed by atoms with Crippen LogP contribution in [0.2, 0.25) is 0 Å². The van der Waals surface area contributed by atoms with Crippen LogP contribution in [0.3, 0.4) is 0 Å². The second-order valence-electron chi connectivity index (χ2n) is 3.85. The van der Waals surface area contributed by atoms with Gasteiger partial charge in [0, 0.05) is 18.0 Å². The lowest BCUT2D eigenvalue weighted by molar-refractivity contribution is 0.0955. The Morgan fingerprint density at radius 3 is 2.78 bits per heavy atom. The summed E-state index contributed by atoms with van der Waals surface area (Å²) in [5.74, 6) is -0.219. The summed E-state index contributed by atoms with van der Waals surface area (Å²) < 4.78 is 0. The Balaban J connectivity index is 1.99. The van der Waals surface area contributed by atoms with Crippen LogP contribution in [0.4, 0.5) is 0 Å². The molecular weight excluding hydrogens is 226 g/mol. The molecule has 0 aliphatic heterocycles. The number of nitrogens with zero attached hydrogens (tertiary/aromatic N) is 2. The fourth-order valence-corrected chi connectivity index (χ4v) is 1.47. The fourth-order valence-electron chi connectivity index (χ4n) is 1.47. The number of aromatic nitrogens is 1. The van der Waals surface area contributed by atoms with Crippen molar-refractivity contribution in [3.05, 3.63) is 65.5 Å². The molecule has 1 N–H and O–H groups in total. The highest BCUT2D eigenvalue weighted by atomic mass is 16.2. The van der Waals surface area contributed by atoms with Gasteiger partial charge in [-0.3, -0.25) is 9.78 Å². The largest absolute Gasteiger partial charge is 0.271 e. The number of pyridine rings is 1. The Labute approximate surface area is 105 Å². The van der Waals surface area contributed by atoms with Crippen molar-refractivity contribution in [2.75, 3.05) is 0 Å². The van der Waals surface area contributed by atoms with Gasteiger partial charge < -0.3 is 0 Å². The maximum Gasteiger partial charge on any atom is 0.271 e. The van der Waals surface area contributed by atoms with Crippen LogP contribution in [0.25, 0.3) is 0 Å². The van der Waals surface area contributed by atoms with E-state index in [1.807, 2.05) is 37.3 Å². The number of carbonyl (C=O) groups is 1. The number of benzene rings is 1. The van der Waals surface area contributed by atoms with Crippen molar-refractivity contribution in [1.29, 1.82) is 0 Å². The van der Waals surface area contributed by atoms with Crippen LogP contribution in [-0.4, -0.2) is 17.1 Å². The van der Waals surface area contributed by atoms with E-state index in [2.05, 4.69) is 15.5 Å². The quantitative estimate of drug-likeness (QED) is 0.659. The molecule has 1 aromatic heterocycles. The average molecular weight is 239 g/mol. The van der Waals surface area contributed by atoms with Gasteiger partial charge in [-0.25, -0.2) is 5.43 Å². The van der Waals surface area contributed by atoms with Crippen LogP contribution in [0.1, 0.15) is 21.5 Å². The summed E-state index contributed by atoms with van der Waals surface area (Å²) in [4.78, 5) is 15.6. The predicted molar refractivity (Wildman–Crippen MR) is 70.5 cm³/mol. The van der Waals surface area contributed by atoms with Crippen molar-refractivity contribution in [3.8, 4) is 0 Å². The van der Waals surface area contributed by atoms with Crippen molar-refractivity contribution in [2.45, 2.75) is 6.92 Å². The minimum absolute atomic E-state index is 0.219. The number of amides is 1. The number of carbonyl (C=O) groups excluding carboxylic acids is 1. The zero-order valence-corrected chi connectivity index (χ0v) is 10.00. The summed E-state index contributed by atoms with van der Waals surface area (Å²) >= 11 is 0. The van der Waals surface area contributed by atoms with E-state index < -0.39 is 0 Å². The van der Waals surface area contributed by atoms with E-state index in [0.29, 0.717) is 5.56 Å². The molecule has 90 valence electrons. The molecule has 1 heterocycles. The number of rotatable bonds is 3. The topological polar surface area (TPSA) is 54.4 Å². The van der Waals surface area contributed by atoms with Gasteiger partial charge in [0.1, 0.15) is 0 Å². The lowest BCUT2D eigenvalue weighted by atomic mass is 10.1. The maximum absolute atomic E-state index is 11.7. The van der Waals surface area contributed by atoms with Crippen molar-refractivity contribution in [3.63, 3.8) is 0 Å². The second kappa shape index (κ2) is 5.72. The first-order chi connectivity index (χ1) is 8.75. The number of hydrogen-bond donors (Lipinski definition) is 1. The maximum atomic E-state index is 11.7. The lowest BCUT2D eigenvalue weighted by Crippen LogP contribution is -2.17. The Kier molecular flexibility index (Phi) is 3.81. The SMILES string of the molecule is Cc1cccc(C(=O)NN=Cc2ccncc2)c1. The molecule has 0 aliphatic carbocycles. The average Bonchev–Trinajstić information content (AvgIpc) is 2.40. The molecule has 0 atom stereocenters. The molecule has 0 fully saturated rings. The van der Waals surface area contributed by atoms with Crippen LogP contribution in [-0.2, 0) is 0 Å². The molecule has 0 bridgehead atoms. The van der Waals surface area contributed by atoms with E-state index in [1.54, 1.807) is 24.7 Å². The molecular formula is C14H13N3O. The van der Waals surface area contributed by atoms with E-state index in [4.69, 9.17) is 0 Å². The molecule has 0 unspecified atom stereocenters. The van der Waals surface area contributed by atoms with Gasteiger partial charge in [0.15, 0.2) is 0 Å². The molecule has 0 aliphatic rings. The normalized spacial score (nSPS) is 10.5. The van der Waals surface area contributed by atoms with Crippen molar-refractivity contribution in [2.24, 2.45) is 5.10 Å². The molecule has 0 spiro atoms. The van der Waals surface area contributed by atoms with E-state index >= 15 is 0 Å². The standard InChI is InChI=1S/C14H13N3O/c1-11-3-2-4-13(9-11)14(18)17-16-10-12-5-7-15-8-6-12/h2-10H,1H3,(H,17,18).